The van der Waals surface area contributed by atoms with Gasteiger partial charge in [-0.15, -0.1) is 0 Å². The number of rotatable bonds is 3. The molecule has 33 heavy (non-hydrogen) atoms. The van der Waals surface area contributed by atoms with E-state index in [2.05, 4.69) is 49.2 Å². The summed E-state index contributed by atoms with van der Waals surface area (Å²) in [6.45, 7) is 7.40. The molecule has 3 aromatic rings. The SMILES string of the molecule is Cc1cccc(C)c1/C(=N\C(=N/c1ccccc1)N1CCCCC1C)Nc1ccc(O)cc1. The highest BCUT2D eigenvalue weighted by Gasteiger charge is 2.23. The van der Waals surface area contributed by atoms with Gasteiger partial charge in [-0.3, -0.25) is 0 Å². The largest absolute Gasteiger partial charge is 0.508 e. The predicted molar refractivity (Wildman–Crippen MR) is 138 cm³/mol. The van der Waals surface area contributed by atoms with E-state index in [0.717, 1.165) is 59.2 Å². The molecule has 0 aromatic heterocycles. The zero-order valence-corrected chi connectivity index (χ0v) is 19.6. The molecule has 1 fully saturated rings. The van der Waals surface area contributed by atoms with Crippen LogP contribution in [0.1, 0.15) is 42.9 Å². The Morgan fingerprint density at radius 3 is 2.27 bits per heavy atom. The fraction of sp³-hybridized carbons (Fsp3) is 0.286. The Morgan fingerprint density at radius 1 is 0.909 bits per heavy atom. The van der Waals surface area contributed by atoms with Crippen molar-refractivity contribution >= 4 is 23.2 Å². The number of anilines is 1. The topological polar surface area (TPSA) is 60.2 Å². The summed E-state index contributed by atoms with van der Waals surface area (Å²) in [5, 5.41) is 13.2. The third-order valence-corrected chi connectivity index (χ3v) is 6.10. The quantitative estimate of drug-likeness (QED) is 0.280. The van der Waals surface area contributed by atoms with Gasteiger partial charge < -0.3 is 15.3 Å². The molecule has 5 nitrogen and oxygen atoms in total. The average molecular weight is 441 g/mol. The lowest BCUT2D eigenvalue weighted by molar-refractivity contribution is 0.256. The number of phenolic OH excluding ortho intramolecular Hbond substituents is 1. The molecule has 2 N–H and O–H groups in total. The number of piperidine rings is 1. The van der Waals surface area contributed by atoms with Crippen molar-refractivity contribution in [3.63, 3.8) is 0 Å². The Labute approximate surface area is 196 Å². The van der Waals surface area contributed by atoms with Gasteiger partial charge in [0.1, 0.15) is 11.6 Å². The summed E-state index contributed by atoms with van der Waals surface area (Å²) in [6.07, 6.45) is 3.50. The third kappa shape index (κ3) is 5.61. The van der Waals surface area contributed by atoms with Gasteiger partial charge in [0.15, 0.2) is 0 Å². The first-order valence-electron chi connectivity index (χ1n) is 11.6. The van der Waals surface area contributed by atoms with Crippen molar-refractivity contribution in [3.05, 3.63) is 89.5 Å². The van der Waals surface area contributed by atoms with Crippen LogP contribution in [-0.2, 0) is 0 Å². The van der Waals surface area contributed by atoms with E-state index in [1.54, 1.807) is 12.1 Å². The number of hydrogen-bond donors (Lipinski definition) is 2. The molecule has 1 unspecified atom stereocenters. The molecule has 1 aliphatic rings. The summed E-state index contributed by atoms with van der Waals surface area (Å²) < 4.78 is 0. The summed E-state index contributed by atoms with van der Waals surface area (Å²) in [6, 6.07) is 23.7. The van der Waals surface area contributed by atoms with E-state index in [1.807, 2.05) is 42.5 Å². The van der Waals surface area contributed by atoms with Crippen molar-refractivity contribution < 1.29 is 5.11 Å². The summed E-state index contributed by atoms with van der Waals surface area (Å²) in [5.74, 6) is 1.71. The lowest BCUT2D eigenvalue weighted by Gasteiger charge is -2.34. The minimum Gasteiger partial charge on any atom is -0.508 e. The molecular formula is C28H32N4O. The number of aromatic hydroxyl groups is 1. The van der Waals surface area contributed by atoms with Crippen LogP contribution in [0.3, 0.4) is 0 Å². The standard InChI is InChI=1S/C28H32N4O/c1-20-10-9-11-21(2)26(20)27(29-24-15-17-25(33)18-16-24)31-28(30-23-13-5-4-6-14-23)32-19-8-7-12-22(32)3/h4-6,9-11,13-18,22,33H,7-8,12,19H2,1-3H3,(H,29,30,31). The number of para-hydroxylation sites is 1. The molecule has 1 heterocycles. The molecule has 1 atom stereocenters. The number of hydrogen-bond acceptors (Lipinski definition) is 2. The first-order valence-corrected chi connectivity index (χ1v) is 11.6. The molecule has 170 valence electrons. The number of benzene rings is 3. The maximum atomic E-state index is 9.72. The van der Waals surface area contributed by atoms with E-state index >= 15 is 0 Å². The van der Waals surface area contributed by atoms with Crippen LogP contribution in [0.25, 0.3) is 0 Å². The molecule has 5 heteroatoms. The van der Waals surface area contributed by atoms with Crippen LogP contribution in [-0.4, -0.2) is 34.4 Å². The van der Waals surface area contributed by atoms with Gasteiger partial charge in [-0.05, 0) is 87.6 Å². The molecule has 0 amide bonds. The van der Waals surface area contributed by atoms with Gasteiger partial charge in [-0.25, -0.2) is 4.99 Å². The number of guanidine groups is 1. The molecule has 0 spiro atoms. The smallest absolute Gasteiger partial charge is 0.228 e. The highest BCUT2D eigenvalue weighted by atomic mass is 16.3. The van der Waals surface area contributed by atoms with Gasteiger partial charge >= 0.3 is 0 Å². The first-order chi connectivity index (χ1) is 16.0. The number of amidine groups is 1. The zero-order valence-electron chi connectivity index (χ0n) is 19.6. The number of nitrogens with one attached hydrogen (secondary N) is 1. The zero-order chi connectivity index (χ0) is 23.2. The summed E-state index contributed by atoms with van der Waals surface area (Å²) in [7, 11) is 0. The van der Waals surface area contributed by atoms with Crippen LogP contribution in [0.4, 0.5) is 11.4 Å². The van der Waals surface area contributed by atoms with Gasteiger partial charge in [-0.2, -0.15) is 4.99 Å². The molecule has 1 aliphatic heterocycles. The number of aryl methyl sites for hydroxylation is 2. The van der Waals surface area contributed by atoms with E-state index in [0.29, 0.717) is 6.04 Å². The molecule has 3 aromatic carbocycles. The second kappa shape index (κ2) is 10.3. The van der Waals surface area contributed by atoms with Crippen molar-refractivity contribution in [3.8, 4) is 5.75 Å². The van der Waals surface area contributed by atoms with Gasteiger partial charge in [-0.1, -0.05) is 36.4 Å². The minimum absolute atomic E-state index is 0.236. The van der Waals surface area contributed by atoms with Crippen molar-refractivity contribution in [2.45, 2.75) is 46.1 Å². The lowest BCUT2D eigenvalue weighted by atomic mass is 10.0. The maximum absolute atomic E-state index is 9.72. The van der Waals surface area contributed by atoms with Crippen molar-refractivity contribution in [2.75, 3.05) is 11.9 Å². The second-order valence-corrected chi connectivity index (χ2v) is 8.68. The van der Waals surface area contributed by atoms with Crippen LogP contribution in [0.15, 0.2) is 82.8 Å². The number of likely N-dealkylation sites (tertiary alicyclic amines) is 1. The van der Waals surface area contributed by atoms with Crippen LogP contribution in [0, 0.1) is 13.8 Å². The Balaban J connectivity index is 1.85. The summed E-state index contributed by atoms with van der Waals surface area (Å²) in [4.78, 5) is 12.5. The Kier molecular flexibility index (Phi) is 7.08. The van der Waals surface area contributed by atoms with E-state index in [-0.39, 0.29) is 5.75 Å². The van der Waals surface area contributed by atoms with Gasteiger partial charge in [0, 0.05) is 23.8 Å². The molecule has 0 aliphatic carbocycles. The van der Waals surface area contributed by atoms with Crippen LogP contribution < -0.4 is 5.32 Å². The van der Waals surface area contributed by atoms with Gasteiger partial charge in [0.25, 0.3) is 0 Å². The van der Waals surface area contributed by atoms with Crippen LogP contribution >= 0.6 is 0 Å². The van der Waals surface area contributed by atoms with Crippen molar-refractivity contribution in [1.29, 1.82) is 0 Å². The monoisotopic (exact) mass is 440 g/mol. The molecule has 0 radical (unpaired) electrons. The predicted octanol–water partition coefficient (Wildman–Crippen LogP) is 6.43. The van der Waals surface area contributed by atoms with E-state index in [1.165, 1.54) is 6.42 Å². The fourth-order valence-corrected chi connectivity index (χ4v) is 4.28. The van der Waals surface area contributed by atoms with Crippen molar-refractivity contribution in [2.24, 2.45) is 9.98 Å². The highest BCUT2D eigenvalue weighted by molar-refractivity contribution is 6.14. The summed E-state index contributed by atoms with van der Waals surface area (Å²) >= 11 is 0. The Morgan fingerprint density at radius 2 is 1.61 bits per heavy atom. The molecule has 1 saturated heterocycles. The molecule has 0 saturated carbocycles. The number of nitrogens with zero attached hydrogens (tertiary/aromatic N) is 3. The minimum atomic E-state index is 0.236. The molecule has 4 rings (SSSR count). The fourth-order valence-electron chi connectivity index (χ4n) is 4.28. The van der Waals surface area contributed by atoms with E-state index < -0.39 is 0 Å². The molecular weight excluding hydrogens is 408 g/mol. The lowest BCUT2D eigenvalue weighted by Crippen LogP contribution is -2.42. The Hall–Kier alpha value is -3.60. The summed E-state index contributed by atoms with van der Waals surface area (Å²) in [5.41, 5.74) is 5.10. The van der Waals surface area contributed by atoms with Gasteiger partial charge in [0.2, 0.25) is 5.96 Å². The van der Waals surface area contributed by atoms with Crippen LogP contribution in [0.5, 0.6) is 5.75 Å². The Bertz CT molecular complexity index is 1120. The molecule has 0 bridgehead atoms. The third-order valence-electron chi connectivity index (χ3n) is 6.10. The van der Waals surface area contributed by atoms with E-state index in [4.69, 9.17) is 9.98 Å². The number of aliphatic imine (C=N–C) groups is 2. The van der Waals surface area contributed by atoms with Crippen molar-refractivity contribution in [1.82, 2.24) is 4.90 Å². The number of phenols is 1. The van der Waals surface area contributed by atoms with Crippen LogP contribution in [0.2, 0.25) is 0 Å². The first kappa shape index (κ1) is 22.6. The van der Waals surface area contributed by atoms with E-state index in [9.17, 15) is 5.11 Å². The van der Waals surface area contributed by atoms with Gasteiger partial charge in [0.05, 0.1) is 5.69 Å². The maximum Gasteiger partial charge on any atom is 0.228 e. The normalized spacial score (nSPS) is 17.2. The second-order valence-electron chi connectivity index (χ2n) is 8.68. The highest BCUT2D eigenvalue weighted by Crippen LogP contribution is 2.23. The average Bonchev–Trinajstić information content (AvgIpc) is 2.81.